The summed E-state index contributed by atoms with van der Waals surface area (Å²) in [5.41, 5.74) is 27.8. The Hall–Kier alpha value is -1.29. The molecule has 1 radical (unpaired) electrons. The van der Waals surface area contributed by atoms with Crippen LogP contribution in [0, 0.1) is 0 Å². The molecule has 0 saturated heterocycles. The van der Waals surface area contributed by atoms with Crippen LogP contribution in [0.5, 0.6) is 0 Å². The number of rotatable bonds is 0. The van der Waals surface area contributed by atoms with Crippen molar-refractivity contribution in [1.29, 1.82) is 0 Å². The predicted octanol–water partition coefficient (Wildman–Crippen LogP) is 6.31. The molecule has 0 unspecified atom stereocenters. The molecule has 5 N–H and O–H groups in total. The Morgan fingerprint density at radius 1 is 0.737 bits per heavy atom. The molecule has 2 aromatic carbocycles. The van der Waals surface area contributed by atoms with Crippen LogP contribution in [0.3, 0.4) is 0 Å². The van der Waals surface area contributed by atoms with Gasteiger partial charge in [-0.1, -0.05) is 41.4 Å². The number of anilines is 1. The second-order valence-corrected chi connectivity index (χ2v) is 4.29. The molecule has 0 aliphatic carbocycles. The van der Waals surface area contributed by atoms with Gasteiger partial charge in [-0.05, 0) is 18.2 Å². The van der Waals surface area contributed by atoms with E-state index >= 15 is 0 Å². The number of hydrogen-bond acceptors (Lipinski definition) is 1. The van der Waals surface area contributed by atoms with Crippen molar-refractivity contribution < 1.29 is 16.5 Å². The van der Waals surface area contributed by atoms with E-state index in [1.807, 2.05) is 0 Å². The van der Waals surface area contributed by atoms with Crippen LogP contribution in [0.2, 0.25) is 10.0 Å². The summed E-state index contributed by atoms with van der Waals surface area (Å²) in [5, 5.41) is 1.08. The van der Waals surface area contributed by atoms with Gasteiger partial charge in [0.2, 0.25) is 0 Å². The van der Waals surface area contributed by atoms with Gasteiger partial charge >= 0.3 is 16.5 Å². The molecule has 0 saturated carbocycles. The Labute approximate surface area is 132 Å². The number of nitrogen functional groups attached to an aromatic ring is 1. The predicted molar refractivity (Wildman–Crippen MR) is 79.3 cm³/mol. The first-order valence-electron chi connectivity index (χ1n) is 4.89. The molecule has 0 atom stereocenters. The van der Waals surface area contributed by atoms with Crippen molar-refractivity contribution in [3.8, 4) is 0 Å². The summed E-state index contributed by atoms with van der Waals surface area (Å²) in [4.78, 5) is 0. The van der Waals surface area contributed by atoms with Gasteiger partial charge in [0.05, 0.1) is 0 Å². The molecule has 2 rings (SSSR count). The fourth-order valence-electron chi connectivity index (χ4n) is 1.05. The maximum absolute atomic E-state index is 7.13. The summed E-state index contributed by atoms with van der Waals surface area (Å²) in [7, 11) is 0. The number of nitrogens with two attached hydrogens (primary N) is 1. The van der Waals surface area contributed by atoms with Crippen LogP contribution in [0.4, 0.5) is 22.7 Å². The Balaban J connectivity index is 0.000000324. The van der Waals surface area contributed by atoms with E-state index in [9.17, 15) is 0 Å². The van der Waals surface area contributed by atoms with Gasteiger partial charge in [-0.3, -0.25) is 0 Å². The van der Waals surface area contributed by atoms with Gasteiger partial charge in [-0.25, -0.2) is 0 Å². The Kier molecular flexibility index (Phi) is 7.46. The van der Waals surface area contributed by atoms with E-state index in [1.54, 1.807) is 24.3 Å². The third-order valence-corrected chi connectivity index (χ3v) is 2.47. The molecule has 0 heterocycles. The van der Waals surface area contributed by atoms with E-state index < -0.39 is 0 Å². The summed E-state index contributed by atoms with van der Waals surface area (Å²) in [6, 6.07) is 9.32. The molecule has 0 fully saturated rings. The molecule has 0 bridgehead atoms. The van der Waals surface area contributed by atoms with E-state index in [1.165, 1.54) is 12.1 Å². The first-order chi connectivity index (χ1) is 8.40. The minimum atomic E-state index is 0. The largest absolute Gasteiger partial charge is 3.00 e. The monoisotopic (exact) mass is 339 g/mol. The van der Waals surface area contributed by atoms with E-state index in [2.05, 4.69) is 0 Å². The molecule has 0 amide bonds. The van der Waals surface area contributed by atoms with Crippen LogP contribution in [-0.2, 0) is 16.5 Å². The van der Waals surface area contributed by atoms with Crippen molar-refractivity contribution in [3.63, 3.8) is 0 Å². The summed E-state index contributed by atoms with van der Waals surface area (Å²) in [6.07, 6.45) is 0. The molecule has 19 heavy (non-hydrogen) atoms. The second kappa shape index (κ2) is 8.00. The van der Waals surface area contributed by atoms with Gasteiger partial charge in [0.1, 0.15) is 0 Å². The first kappa shape index (κ1) is 17.7. The Morgan fingerprint density at radius 3 is 1.58 bits per heavy atom. The molecule has 4 nitrogen and oxygen atoms in total. The SMILES string of the molecule is [NH-]c1ccc(Cl)cc1N.[NH-]c1ccc(Cl)cc1[NH-].[Ni+3]. The normalized spacial score (nSPS) is 8.95. The third kappa shape index (κ3) is 5.92. The Morgan fingerprint density at radius 2 is 1.21 bits per heavy atom. The minimum absolute atomic E-state index is 0. The van der Waals surface area contributed by atoms with E-state index in [0.29, 0.717) is 21.4 Å². The summed E-state index contributed by atoms with van der Waals surface area (Å²) in [5.74, 6) is 0. The van der Waals surface area contributed by atoms with E-state index in [0.717, 1.165) is 0 Å². The number of halogens is 2. The quantitative estimate of drug-likeness (QED) is 0.441. The van der Waals surface area contributed by atoms with Crippen LogP contribution in [0.1, 0.15) is 0 Å². The van der Waals surface area contributed by atoms with Crippen LogP contribution < -0.4 is 5.73 Å². The van der Waals surface area contributed by atoms with Crippen LogP contribution in [0.15, 0.2) is 36.4 Å². The average molecular weight is 341 g/mol. The molecular formula is C12H11Cl2N4Ni. The molecule has 0 aliphatic heterocycles. The van der Waals surface area contributed by atoms with E-state index in [-0.39, 0.29) is 27.9 Å². The minimum Gasteiger partial charge on any atom is -0.700 e. The Bertz CT molecular complexity index is 500. The van der Waals surface area contributed by atoms with Gasteiger partial charge in [0.15, 0.2) is 0 Å². The third-order valence-electron chi connectivity index (χ3n) is 2.00. The maximum Gasteiger partial charge on any atom is 3.00 e. The van der Waals surface area contributed by atoms with Gasteiger partial charge < -0.3 is 22.9 Å². The van der Waals surface area contributed by atoms with Crippen molar-refractivity contribution in [2.75, 3.05) is 5.73 Å². The summed E-state index contributed by atoms with van der Waals surface area (Å²) >= 11 is 11.1. The van der Waals surface area contributed by atoms with Crippen molar-refractivity contribution in [2.24, 2.45) is 0 Å². The average Bonchev–Trinajstić information content (AvgIpc) is 2.30. The molecule has 0 spiro atoms. The fourth-order valence-corrected chi connectivity index (χ4v) is 1.40. The molecule has 2 aromatic rings. The van der Waals surface area contributed by atoms with Crippen molar-refractivity contribution in [3.05, 3.63) is 63.6 Å². The standard InChI is InChI=1S/C6H6ClN2.C6H5ClN2.Ni/c2*7-4-1-2-5(8)6(9)3-4;/h1-3,8H,9H2;1-3,8-9H;/q-1;-2;+3. The summed E-state index contributed by atoms with van der Waals surface area (Å²) in [6.45, 7) is 0. The molecule has 0 aromatic heterocycles. The zero-order valence-electron chi connectivity index (χ0n) is 9.61. The van der Waals surface area contributed by atoms with Gasteiger partial charge in [0.25, 0.3) is 0 Å². The number of benzene rings is 2. The van der Waals surface area contributed by atoms with Crippen LogP contribution in [0.25, 0.3) is 17.2 Å². The number of hydrogen-bond donors (Lipinski definition) is 1. The number of nitrogens with one attached hydrogen (secondary N) is 3. The fraction of sp³-hybridized carbons (Fsp3) is 0. The van der Waals surface area contributed by atoms with Crippen LogP contribution in [-0.4, -0.2) is 0 Å². The van der Waals surface area contributed by atoms with Crippen molar-refractivity contribution in [1.82, 2.24) is 0 Å². The zero-order chi connectivity index (χ0) is 13.7. The smallest absolute Gasteiger partial charge is 0.700 e. The molecule has 7 heteroatoms. The van der Waals surface area contributed by atoms with Gasteiger partial charge in [-0.15, -0.1) is 5.69 Å². The zero-order valence-corrected chi connectivity index (χ0v) is 12.1. The van der Waals surface area contributed by atoms with Crippen LogP contribution >= 0.6 is 23.2 Å². The topological polar surface area (TPSA) is 97.4 Å². The molecule has 103 valence electrons. The molecular weight excluding hydrogens is 330 g/mol. The van der Waals surface area contributed by atoms with Gasteiger partial charge in [0, 0.05) is 15.7 Å². The second-order valence-electron chi connectivity index (χ2n) is 3.42. The molecule has 0 aliphatic rings. The first-order valence-corrected chi connectivity index (χ1v) is 5.65. The maximum atomic E-state index is 7.13. The van der Waals surface area contributed by atoms with E-state index in [4.69, 9.17) is 46.1 Å². The van der Waals surface area contributed by atoms with Crippen molar-refractivity contribution >= 4 is 46.0 Å². The van der Waals surface area contributed by atoms with Crippen molar-refractivity contribution in [2.45, 2.75) is 0 Å². The van der Waals surface area contributed by atoms with Gasteiger partial charge in [-0.2, -0.15) is 11.4 Å². The summed E-state index contributed by atoms with van der Waals surface area (Å²) < 4.78 is 0.